The van der Waals surface area contributed by atoms with Crippen molar-refractivity contribution in [1.82, 2.24) is 9.78 Å². The van der Waals surface area contributed by atoms with Crippen LogP contribution in [0.2, 0.25) is 10.0 Å². The fourth-order valence-electron chi connectivity index (χ4n) is 1.94. The number of nitrogens with zero attached hydrogens (tertiary/aromatic N) is 2. The minimum atomic E-state index is -0.598. The molecule has 1 heterocycles. The molecule has 1 aromatic heterocycles. The third-order valence-electron chi connectivity index (χ3n) is 2.87. The van der Waals surface area contributed by atoms with Crippen LogP contribution in [-0.4, -0.2) is 22.9 Å². The second-order valence-corrected chi connectivity index (χ2v) is 4.83. The average Bonchev–Trinajstić information content (AvgIpc) is 2.75. The van der Waals surface area contributed by atoms with Gasteiger partial charge in [0.25, 0.3) is 0 Å². The summed E-state index contributed by atoms with van der Waals surface area (Å²) in [6, 6.07) is 5.14. The largest absolute Gasteiger partial charge is 0.464 e. The third-order valence-corrected chi connectivity index (χ3v) is 3.50. The van der Waals surface area contributed by atoms with Crippen LogP contribution >= 0.6 is 23.2 Å². The van der Waals surface area contributed by atoms with E-state index < -0.39 is 5.97 Å². The molecule has 0 aliphatic carbocycles. The lowest BCUT2D eigenvalue weighted by Crippen LogP contribution is -2.06. The van der Waals surface area contributed by atoms with Gasteiger partial charge < -0.3 is 10.5 Å². The lowest BCUT2D eigenvalue weighted by Gasteiger charge is -2.09. The number of esters is 1. The molecule has 1 aromatic carbocycles. The number of aromatic nitrogens is 2. The first-order valence-electron chi connectivity index (χ1n) is 5.90. The minimum absolute atomic E-state index is 0.0559. The fraction of sp³-hybridized carbons (Fsp3) is 0.231. The van der Waals surface area contributed by atoms with Crippen LogP contribution in [0.5, 0.6) is 0 Å². The molecule has 0 fully saturated rings. The van der Waals surface area contributed by atoms with E-state index in [1.807, 2.05) is 6.92 Å². The highest BCUT2D eigenvalue weighted by atomic mass is 35.5. The molecule has 7 heteroatoms. The molecule has 0 unspecified atom stereocenters. The van der Waals surface area contributed by atoms with E-state index in [2.05, 4.69) is 9.84 Å². The molecule has 0 aliphatic heterocycles. The van der Waals surface area contributed by atoms with Crippen LogP contribution in [-0.2, 0) is 11.3 Å². The van der Waals surface area contributed by atoms with Gasteiger partial charge in [-0.05, 0) is 19.1 Å². The highest BCUT2D eigenvalue weighted by molar-refractivity contribution is 6.39. The second kappa shape index (κ2) is 5.73. The predicted octanol–water partition coefficient (Wildman–Crippen LogP) is 3.25. The van der Waals surface area contributed by atoms with Crippen LogP contribution < -0.4 is 5.73 Å². The van der Waals surface area contributed by atoms with E-state index in [1.54, 1.807) is 22.9 Å². The standard InChI is InChI=1S/C13H13Cl2N3O2/c1-3-18-12(9-7(14)5-4-6-8(9)15)10(16)11(17-18)13(19)20-2/h4-6H,3,16H2,1-2H3. The Balaban J connectivity index is 2.74. The first kappa shape index (κ1) is 14.7. The van der Waals surface area contributed by atoms with Crippen molar-refractivity contribution in [1.29, 1.82) is 0 Å². The van der Waals surface area contributed by atoms with E-state index in [0.717, 1.165) is 0 Å². The van der Waals surface area contributed by atoms with Crippen LogP contribution in [0.1, 0.15) is 17.4 Å². The van der Waals surface area contributed by atoms with Gasteiger partial charge in [-0.1, -0.05) is 29.3 Å². The number of hydrogen-bond acceptors (Lipinski definition) is 4. The molecule has 0 bridgehead atoms. The Morgan fingerprint density at radius 2 is 2.00 bits per heavy atom. The molecule has 0 saturated heterocycles. The summed E-state index contributed by atoms with van der Waals surface area (Å²) in [5.74, 6) is -0.598. The third kappa shape index (κ3) is 2.34. The number of hydrogen-bond donors (Lipinski definition) is 1. The normalized spacial score (nSPS) is 10.6. The number of methoxy groups -OCH3 is 1. The Hall–Kier alpha value is -1.72. The van der Waals surface area contributed by atoms with Crippen molar-refractivity contribution < 1.29 is 9.53 Å². The first-order chi connectivity index (χ1) is 9.51. The van der Waals surface area contributed by atoms with Gasteiger partial charge in [-0.15, -0.1) is 0 Å². The zero-order valence-electron chi connectivity index (χ0n) is 11.0. The topological polar surface area (TPSA) is 70.1 Å². The van der Waals surface area contributed by atoms with Crippen LogP contribution in [0.3, 0.4) is 0 Å². The SMILES string of the molecule is CCn1nc(C(=O)OC)c(N)c1-c1c(Cl)cccc1Cl. The number of benzene rings is 1. The zero-order chi connectivity index (χ0) is 14.9. The van der Waals surface area contributed by atoms with Crippen molar-refractivity contribution in [2.45, 2.75) is 13.5 Å². The van der Waals surface area contributed by atoms with Gasteiger partial charge in [-0.2, -0.15) is 5.10 Å². The van der Waals surface area contributed by atoms with E-state index >= 15 is 0 Å². The van der Waals surface area contributed by atoms with E-state index in [9.17, 15) is 4.79 Å². The number of halogens is 2. The second-order valence-electron chi connectivity index (χ2n) is 4.01. The van der Waals surface area contributed by atoms with Gasteiger partial charge >= 0.3 is 5.97 Å². The van der Waals surface area contributed by atoms with Gasteiger partial charge in [0, 0.05) is 12.1 Å². The highest BCUT2D eigenvalue weighted by Gasteiger charge is 2.24. The molecule has 2 N–H and O–H groups in total. The van der Waals surface area contributed by atoms with E-state index in [1.165, 1.54) is 7.11 Å². The summed E-state index contributed by atoms with van der Waals surface area (Å²) in [6.45, 7) is 2.39. The van der Waals surface area contributed by atoms with E-state index in [4.69, 9.17) is 28.9 Å². The molecule has 2 rings (SSSR count). The summed E-state index contributed by atoms with van der Waals surface area (Å²) >= 11 is 12.4. The molecule has 0 saturated carbocycles. The van der Waals surface area contributed by atoms with Crippen LogP contribution in [0.25, 0.3) is 11.3 Å². The molecule has 0 atom stereocenters. The lowest BCUT2D eigenvalue weighted by atomic mass is 10.1. The molecule has 0 radical (unpaired) electrons. The Labute approximate surface area is 126 Å². The van der Waals surface area contributed by atoms with E-state index in [-0.39, 0.29) is 11.4 Å². The number of rotatable bonds is 3. The minimum Gasteiger partial charge on any atom is -0.464 e. The average molecular weight is 314 g/mol. The van der Waals surface area contributed by atoms with Crippen molar-refractivity contribution in [3.8, 4) is 11.3 Å². The molecule has 2 aromatic rings. The first-order valence-corrected chi connectivity index (χ1v) is 6.65. The Morgan fingerprint density at radius 1 is 1.40 bits per heavy atom. The summed E-state index contributed by atoms with van der Waals surface area (Å²) < 4.78 is 6.24. The molecule has 106 valence electrons. The maximum atomic E-state index is 11.7. The molecular weight excluding hydrogens is 301 g/mol. The quantitative estimate of drug-likeness (QED) is 0.883. The number of nitrogen functional groups attached to an aromatic ring is 1. The number of anilines is 1. The Kier molecular flexibility index (Phi) is 4.20. The van der Waals surface area contributed by atoms with Crippen molar-refractivity contribution in [3.63, 3.8) is 0 Å². The maximum Gasteiger partial charge on any atom is 0.360 e. The summed E-state index contributed by atoms with van der Waals surface area (Å²) in [5.41, 5.74) is 7.35. The van der Waals surface area contributed by atoms with Gasteiger partial charge in [-0.25, -0.2) is 4.79 Å². The van der Waals surface area contributed by atoms with Crippen molar-refractivity contribution in [3.05, 3.63) is 33.9 Å². The molecular formula is C13H13Cl2N3O2. The molecule has 20 heavy (non-hydrogen) atoms. The van der Waals surface area contributed by atoms with Gasteiger partial charge in [0.1, 0.15) is 0 Å². The van der Waals surface area contributed by atoms with Crippen molar-refractivity contribution >= 4 is 34.9 Å². The number of nitrogens with two attached hydrogens (primary N) is 1. The smallest absolute Gasteiger partial charge is 0.360 e. The summed E-state index contributed by atoms with van der Waals surface area (Å²) in [4.78, 5) is 11.7. The molecule has 5 nitrogen and oxygen atoms in total. The zero-order valence-corrected chi connectivity index (χ0v) is 12.5. The van der Waals surface area contributed by atoms with Crippen LogP contribution in [0, 0.1) is 0 Å². The molecule has 0 spiro atoms. The number of carbonyl (C=O) groups excluding carboxylic acids is 1. The van der Waals surface area contributed by atoms with Gasteiger partial charge in [-0.3, -0.25) is 4.68 Å². The van der Waals surface area contributed by atoms with E-state index in [0.29, 0.717) is 27.8 Å². The van der Waals surface area contributed by atoms with Crippen molar-refractivity contribution in [2.24, 2.45) is 0 Å². The predicted molar refractivity (Wildman–Crippen MR) is 79.1 cm³/mol. The van der Waals surface area contributed by atoms with Gasteiger partial charge in [0.15, 0.2) is 5.69 Å². The highest BCUT2D eigenvalue weighted by Crippen LogP contribution is 2.38. The lowest BCUT2D eigenvalue weighted by molar-refractivity contribution is 0.0594. The summed E-state index contributed by atoms with van der Waals surface area (Å²) in [6.07, 6.45) is 0. The molecule has 0 amide bonds. The number of aryl methyl sites for hydroxylation is 1. The van der Waals surface area contributed by atoms with Gasteiger partial charge in [0.05, 0.1) is 28.5 Å². The Morgan fingerprint density at radius 3 is 2.50 bits per heavy atom. The number of carbonyl (C=O) groups is 1. The van der Waals surface area contributed by atoms with Gasteiger partial charge in [0.2, 0.25) is 0 Å². The molecule has 0 aliphatic rings. The van der Waals surface area contributed by atoms with Crippen molar-refractivity contribution in [2.75, 3.05) is 12.8 Å². The fourth-order valence-corrected chi connectivity index (χ4v) is 2.52. The van der Waals surface area contributed by atoms with Crippen LogP contribution in [0.4, 0.5) is 5.69 Å². The van der Waals surface area contributed by atoms with Crippen LogP contribution in [0.15, 0.2) is 18.2 Å². The number of ether oxygens (including phenoxy) is 1. The summed E-state index contributed by atoms with van der Waals surface area (Å²) in [7, 11) is 1.27. The summed E-state index contributed by atoms with van der Waals surface area (Å²) in [5, 5.41) is 5.04. The maximum absolute atomic E-state index is 11.7. The monoisotopic (exact) mass is 313 g/mol. The Bertz CT molecular complexity index is 648.